The molecule has 0 aliphatic carbocycles. The molecule has 2 amide bonds. The van der Waals surface area contributed by atoms with Gasteiger partial charge in [-0.3, -0.25) is 4.98 Å². The van der Waals surface area contributed by atoms with Crippen molar-refractivity contribution >= 4 is 11.7 Å². The summed E-state index contributed by atoms with van der Waals surface area (Å²) in [6, 6.07) is 3.98. The van der Waals surface area contributed by atoms with E-state index in [2.05, 4.69) is 27.1 Å². The SMILES string of the molecule is C=CCNC(=O)NCC1CCN(c2ccncc2)CC1. The number of aromatic nitrogens is 1. The number of hydrogen-bond donors (Lipinski definition) is 2. The van der Waals surface area contributed by atoms with Crippen LogP contribution in [0, 0.1) is 5.92 Å². The Morgan fingerprint density at radius 3 is 2.70 bits per heavy atom. The molecule has 108 valence electrons. The minimum atomic E-state index is -0.110. The van der Waals surface area contributed by atoms with Gasteiger partial charge in [-0.15, -0.1) is 6.58 Å². The molecule has 5 heteroatoms. The molecule has 1 aliphatic heterocycles. The van der Waals surface area contributed by atoms with E-state index in [0.29, 0.717) is 12.5 Å². The molecule has 2 rings (SSSR count). The van der Waals surface area contributed by atoms with Crippen molar-refractivity contribution in [2.24, 2.45) is 5.92 Å². The van der Waals surface area contributed by atoms with Crippen molar-refractivity contribution in [3.05, 3.63) is 37.2 Å². The van der Waals surface area contributed by atoms with Crippen LogP contribution in [0.4, 0.5) is 10.5 Å². The summed E-state index contributed by atoms with van der Waals surface area (Å²) in [7, 11) is 0. The number of urea groups is 1. The quantitative estimate of drug-likeness (QED) is 0.805. The zero-order valence-electron chi connectivity index (χ0n) is 11.7. The van der Waals surface area contributed by atoms with Crippen molar-refractivity contribution in [1.29, 1.82) is 0 Å². The predicted octanol–water partition coefficient (Wildman–Crippen LogP) is 1.78. The number of nitrogens with one attached hydrogen (secondary N) is 2. The third-order valence-corrected chi connectivity index (χ3v) is 3.60. The van der Waals surface area contributed by atoms with Gasteiger partial charge in [-0.1, -0.05) is 6.08 Å². The lowest BCUT2D eigenvalue weighted by atomic mass is 9.96. The summed E-state index contributed by atoms with van der Waals surface area (Å²) in [5, 5.41) is 5.64. The minimum absolute atomic E-state index is 0.110. The predicted molar refractivity (Wildman–Crippen MR) is 80.8 cm³/mol. The molecule has 0 unspecified atom stereocenters. The van der Waals surface area contributed by atoms with Crippen LogP contribution in [0.25, 0.3) is 0 Å². The number of carbonyl (C=O) groups is 1. The first-order valence-electron chi connectivity index (χ1n) is 7.07. The fourth-order valence-corrected chi connectivity index (χ4v) is 2.41. The highest BCUT2D eigenvalue weighted by atomic mass is 16.2. The fraction of sp³-hybridized carbons (Fsp3) is 0.467. The Morgan fingerprint density at radius 2 is 2.05 bits per heavy atom. The molecule has 1 aromatic heterocycles. The van der Waals surface area contributed by atoms with Gasteiger partial charge in [-0.2, -0.15) is 0 Å². The number of piperidine rings is 1. The Labute approximate surface area is 120 Å². The van der Waals surface area contributed by atoms with Crippen molar-refractivity contribution in [3.8, 4) is 0 Å². The Hall–Kier alpha value is -2.04. The van der Waals surface area contributed by atoms with Gasteiger partial charge in [-0.05, 0) is 30.9 Å². The second-order valence-corrected chi connectivity index (χ2v) is 5.02. The maximum atomic E-state index is 11.4. The van der Waals surface area contributed by atoms with Gasteiger partial charge in [0.05, 0.1) is 0 Å². The maximum absolute atomic E-state index is 11.4. The van der Waals surface area contributed by atoms with Crippen LogP contribution in [0.2, 0.25) is 0 Å². The number of hydrogen-bond acceptors (Lipinski definition) is 3. The van der Waals surface area contributed by atoms with Crippen molar-refractivity contribution in [2.45, 2.75) is 12.8 Å². The zero-order valence-corrected chi connectivity index (χ0v) is 11.7. The monoisotopic (exact) mass is 274 g/mol. The van der Waals surface area contributed by atoms with E-state index in [-0.39, 0.29) is 6.03 Å². The van der Waals surface area contributed by atoms with Crippen molar-refractivity contribution < 1.29 is 4.79 Å². The normalized spacial score (nSPS) is 15.7. The average Bonchev–Trinajstić information content (AvgIpc) is 2.52. The molecule has 20 heavy (non-hydrogen) atoms. The maximum Gasteiger partial charge on any atom is 0.315 e. The Bertz CT molecular complexity index is 427. The summed E-state index contributed by atoms with van der Waals surface area (Å²) in [6.45, 7) is 6.88. The smallest absolute Gasteiger partial charge is 0.315 e. The van der Waals surface area contributed by atoms with E-state index in [4.69, 9.17) is 0 Å². The molecule has 1 saturated heterocycles. The van der Waals surface area contributed by atoms with Crippen molar-refractivity contribution in [1.82, 2.24) is 15.6 Å². The molecular formula is C15H22N4O. The summed E-state index contributed by atoms with van der Waals surface area (Å²) in [6.07, 6.45) is 7.53. The van der Waals surface area contributed by atoms with Crippen LogP contribution in [0.1, 0.15) is 12.8 Å². The number of amides is 2. The Balaban J connectivity index is 1.69. The highest BCUT2D eigenvalue weighted by Gasteiger charge is 2.19. The molecule has 0 radical (unpaired) electrons. The highest BCUT2D eigenvalue weighted by molar-refractivity contribution is 5.73. The van der Waals surface area contributed by atoms with Crippen molar-refractivity contribution in [2.75, 3.05) is 31.1 Å². The molecule has 2 N–H and O–H groups in total. The second-order valence-electron chi connectivity index (χ2n) is 5.02. The molecule has 0 saturated carbocycles. The lowest BCUT2D eigenvalue weighted by Crippen LogP contribution is -2.42. The van der Waals surface area contributed by atoms with Gasteiger partial charge in [0.25, 0.3) is 0 Å². The number of nitrogens with zero attached hydrogens (tertiary/aromatic N) is 2. The topological polar surface area (TPSA) is 57.3 Å². The highest BCUT2D eigenvalue weighted by Crippen LogP contribution is 2.22. The Kier molecular flexibility index (Phi) is 5.41. The first-order valence-corrected chi connectivity index (χ1v) is 7.07. The summed E-state index contributed by atoms with van der Waals surface area (Å²) < 4.78 is 0. The van der Waals surface area contributed by atoms with Gasteiger partial charge < -0.3 is 15.5 Å². The van der Waals surface area contributed by atoms with E-state index in [1.54, 1.807) is 6.08 Å². The molecule has 1 fully saturated rings. The average molecular weight is 274 g/mol. The molecule has 5 nitrogen and oxygen atoms in total. The lowest BCUT2D eigenvalue weighted by molar-refractivity contribution is 0.238. The van der Waals surface area contributed by atoms with Crippen LogP contribution < -0.4 is 15.5 Å². The number of rotatable bonds is 5. The molecule has 0 aromatic carbocycles. The van der Waals surface area contributed by atoms with Gasteiger partial charge in [-0.25, -0.2) is 4.79 Å². The van der Waals surface area contributed by atoms with E-state index in [1.165, 1.54) is 5.69 Å². The van der Waals surface area contributed by atoms with Crippen LogP contribution in [-0.4, -0.2) is 37.2 Å². The van der Waals surface area contributed by atoms with Gasteiger partial charge in [0.1, 0.15) is 0 Å². The zero-order chi connectivity index (χ0) is 14.2. The third-order valence-electron chi connectivity index (χ3n) is 3.60. The van der Waals surface area contributed by atoms with Crippen LogP contribution in [0.3, 0.4) is 0 Å². The number of carbonyl (C=O) groups excluding carboxylic acids is 1. The third kappa shape index (κ3) is 4.26. The van der Waals surface area contributed by atoms with Crippen LogP contribution in [-0.2, 0) is 0 Å². The molecule has 0 spiro atoms. The van der Waals surface area contributed by atoms with Crippen LogP contribution in [0.5, 0.6) is 0 Å². The molecule has 2 heterocycles. The summed E-state index contributed by atoms with van der Waals surface area (Å²) in [5.41, 5.74) is 1.23. The van der Waals surface area contributed by atoms with Crippen LogP contribution in [0.15, 0.2) is 37.2 Å². The molecule has 0 bridgehead atoms. The first-order chi connectivity index (χ1) is 9.79. The van der Waals surface area contributed by atoms with E-state index in [9.17, 15) is 4.79 Å². The van der Waals surface area contributed by atoms with E-state index in [1.807, 2.05) is 24.5 Å². The molecular weight excluding hydrogens is 252 g/mol. The largest absolute Gasteiger partial charge is 0.371 e. The lowest BCUT2D eigenvalue weighted by Gasteiger charge is -2.33. The minimum Gasteiger partial charge on any atom is -0.371 e. The standard InChI is InChI=1S/C15H22N4O/c1-2-7-17-15(20)18-12-13-5-10-19(11-6-13)14-3-8-16-9-4-14/h2-4,8-9,13H,1,5-7,10-12H2,(H2,17,18,20). The van der Waals surface area contributed by atoms with Gasteiger partial charge >= 0.3 is 6.03 Å². The van der Waals surface area contributed by atoms with Gasteiger partial charge in [0.15, 0.2) is 0 Å². The van der Waals surface area contributed by atoms with Gasteiger partial charge in [0, 0.05) is 44.3 Å². The van der Waals surface area contributed by atoms with Crippen molar-refractivity contribution in [3.63, 3.8) is 0 Å². The van der Waals surface area contributed by atoms with Gasteiger partial charge in [0.2, 0.25) is 0 Å². The number of anilines is 1. The second kappa shape index (κ2) is 7.53. The number of pyridine rings is 1. The first kappa shape index (κ1) is 14.4. The van der Waals surface area contributed by atoms with E-state index >= 15 is 0 Å². The Morgan fingerprint density at radius 1 is 1.35 bits per heavy atom. The van der Waals surface area contributed by atoms with E-state index in [0.717, 1.165) is 32.5 Å². The molecule has 0 atom stereocenters. The summed E-state index contributed by atoms with van der Waals surface area (Å²) in [5.74, 6) is 0.558. The van der Waals surface area contributed by atoms with E-state index < -0.39 is 0 Å². The molecule has 1 aromatic rings. The van der Waals surface area contributed by atoms with Crippen LogP contribution >= 0.6 is 0 Å². The summed E-state index contributed by atoms with van der Waals surface area (Å²) >= 11 is 0. The fourth-order valence-electron chi connectivity index (χ4n) is 2.41. The summed E-state index contributed by atoms with van der Waals surface area (Å²) in [4.78, 5) is 17.9. The molecule has 1 aliphatic rings.